The van der Waals surface area contributed by atoms with Crippen LogP contribution in [0.15, 0.2) is 12.4 Å². The van der Waals surface area contributed by atoms with Gasteiger partial charge in [0.1, 0.15) is 5.82 Å². The van der Waals surface area contributed by atoms with Gasteiger partial charge in [-0.2, -0.15) is 0 Å². The van der Waals surface area contributed by atoms with E-state index in [0.717, 1.165) is 24.6 Å². The molecule has 0 aliphatic carbocycles. The Labute approximate surface area is 108 Å². The number of nitrogens with one attached hydrogen (secondary N) is 1. The third-order valence-electron chi connectivity index (χ3n) is 2.82. The van der Waals surface area contributed by atoms with Crippen LogP contribution in [0.25, 0.3) is 0 Å². The third-order valence-corrected chi connectivity index (χ3v) is 2.82. The van der Waals surface area contributed by atoms with E-state index in [-0.39, 0.29) is 17.4 Å². The zero-order valence-corrected chi connectivity index (χ0v) is 11.4. The lowest BCUT2D eigenvalue weighted by atomic mass is 9.97. The number of hydrogen-bond donors (Lipinski definition) is 1. The van der Waals surface area contributed by atoms with Crippen molar-refractivity contribution < 1.29 is 4.79 Å². The fourth-order valence-electron chi connectivity index (χ4n) is 1.91. The fourth-order valence-corrected chi connectivity index (χ4v) is 1.91. The normalized spacial score (nSPS) is 16.3. The van der Waals surface area contributed by atoms with Crippen LogP contribution in [0, 0.1) is 12.8 Å². The lowest BCUT2D eigenvalue weighted by molar-refractivity contribution is -0.127. The van der Waals surface area contributed by atoms with E-state index in [0.29, 0.717) is 0 Å². The summed E-state index contributed by atoms with van der Waals surface area (Å²) in [6.07, 6.45) is 3.47. The van der Waals surface area contributed by atoms with E-state index in [2.05, 4.69) is 20.2 Å². The van der Waals surface area contributed by atoms with E-state index >= 15 is 0 Å². The minimum absolute atomic E-state index is 0.0616. The monoisotopic (exact) mass is 248 g/mol. The summed E-state index contributed by atoms with van der Waals surface area (Å²) in [5.74, 6) is 1.04. The second-order valence-corrected chi connectivity index (χ2v) is 5.86. The molecule has 1 aliphatic heterocycles. The fraction of sp³-hybridized carbons (Fsp3) is 0.615. The Morgan fingerprint density at radius 2 is 2.06 bits per heavy atom. The number of hydrogen-bond acceptors (Lipinski definition) is 4. The summed E-state index contributed by atoms with van der Waals surface area (Å²) in [5.41, 5.74) is 0.732. The number of amides is 1. The number of nitrogens with zero attached hydrogens (tertiary/aromatic N) is 3. The summed E-state index contributed by atoms with van der Waals surface area (Å²) in [4.78, 5) is 22.5. The lowest BCUT2D eigenvalue weighted by Crippen LogP contribution is -2.56. The van der Waals surface area contributed by atoms with Gasteiger partial charge in [-0.3, -0.25) is 9.78 Å². The molecule has 18 heavy (non-hydrogen) atoms. The third kappa shape index (κ3) is 2.97. The van der Waals surface area contributed by atoms with Gasteiger partial charge in [-0.05, 0) is 27.7 Å². The van der Waals surface area contributed by atoms with Crippen LogP contribution in [0.2, 0.25) is 0 Å². The second-order valence-electron chi connectivity index (χ2n) is 5.86. The van der Waals surface area contributed by atoms with Crippen molar-refractivity contribution in [1.82, 2.24) is 15.3 Å². The Hall–Kier alpha value is -1.65. The van der Waals surface area contributed by atoms with E-state index in [1.165, 1.54) is 0 Å². The van der Waals surface area contributed by atoms with Gasteiger partial charge in [-0.25, -0.2) is 4.98 Å². The summed E-state index contributed by atoms with van der Waals surface area (Å²) < 4.78 is 0. The van der Waals surface area contributed by atoms with Gasteiger partial charge in [-0.15, -0.1) is 0 Å². The first-order valence-electron chi connectivity index (χ1n) is 6.21. The maximum absolute atomic E-state index is 11.9. The summed E-state index contributed by atoms with van der Waals surface area (Å²) in [7, 11) is 0. The number of rotatable bonds is 2. The second kappa shape index (κ2) is 4.55. The Morgan fingerprint density at radius 1 is 1.39 bits per heavy atom. The molecule has 1 amide bonds. The molecule has 2 heterocycles. The van der Waals surface area contributed by atoms with Crippen molar-refractivity contribution in [3.63, 3.8) is 0 Å². The van der Waals surface area contributed by atoms with Crippen LogP contribution in [-0.2, 0) is 4.79 Å². The van der Waals surface area contributed by atoms with Gasteiger partial charge in [0.2, 0.25) is 5.91 Å². The average Bonchev–Trinajstić information content (AvgIpc) is 2.11. The molecule has 0 radical (unpaired) electrons. The summed E-state index contributed by atoms with van der Waals surface area (Å²) in [6.45, 7) is 9.34. The average molecular weight is 248 g/mol. The highest BCUT2D eigenvalue weighted by atomic mass is 16.2. The molecule has 2 rings (SSSR count). The van der Waals surface area contributed by atoms with E-state index in [1.54, 1.807) is 12.4 Å². The predicted octanol–water partition coefficient (Wildman–Crippen LogP) is 1.14. The minimum atomic E-state index is -0.166. The predicted molar refractivity (Wildman–Crippen MR) is 70.4 cm³/mol. The molecule has 5 heteroatoms. The van der Waals surface area contributed by atoms with Gasteiger partial charge in [-0.1, -0.05) is 0 Å². The van der Waals surface area contributed by atoms with Crippen molar-refractivity contribution in [2.24, 2.45) is 5.92 Å². The molecule has 1 fully saturated rings. The smallest absolute Gasteiger partial charge is 0.227 e. The van der Waals surface area contributed by atoms with Gasteiger partial charge >= 0.3 is 0 Å². The minimum Gasteiger partial charge on any atom is -0.354 e. The quantitative estimate of drug-likeness (QED) is 0.852. The Bertz CT molecular complexity index is 447. The van der Waals surface area contributed by atoms with Crippen molar-refractivity contribution in [1.29, 1.82) is 0 Å². The molecule has 1 aromatic heterocycles. The molecule has 98 valence electrons. The SMILES string of the molecule is Cc1cncc(N2CC(C(=O)NC(C)(C)C)C2)n1. The molecule has 1 aromatic rings. The van der Waals surface area contributed by atoms with E-state index in [9.17, 15) is 4.79 Å². The summed E-state index contributed by atoms with van der Waals surface area (Å²) in [5, 5.41) is 3.00. The van der Waals surface area contributed by atoms with Crippen LogP contribution in [0.3, 0.4) is 0 Å². The highest BCUT2D eigenvalue weighted by Crippen LogP contribution is 2.22. The number of anilines is 1. The molecule has 5 nitrogen and oxygen atoms in total. The number of carbonyl (C=O) groups excluding carboxylic acids is 1. The van der Waals surface area contributed by atoms with E-state index < -0.39 is 0 Å². The van der Waals surface area contributed by atoms with E-state index in [4.69, 9.17) is 0 Å². The highest BCUT2D eigenvalue weighted by molar-refractivity contribution is 5.82. The molecule has 1 aliphatic rings. The summed E-state index contributed by atoms with van der Waals surface area (Å²) in [6, 6.07) is 0. The van der Waals surface area contributed by atoms with E-state index in [1.807, 2.05) is 27.7 Å². The van der Waals surface area contributed by atoms with Gasteiger partial charge in [0.05, 0.1) is 17.8 Å². The van der Waals surface area contributed by atoms with Crippen LogP contribution in [-0.4, -0.2) is 34.5 Å². The zero-order valence-electron chi connectivity index (χ0n) is 11.4. The molecule has 0 aromatic carbocycles. The van der Waals surface area contributed by atoms with Crippen LogP contribution in [0.1, 0.15) is 26.5 Å². The maximum Gasteiger partial charge on any atom is 0.227 e. The zero-order chi connectivity index (χ0) is 13.3. The Balaban J connectivity index is 1.89. The van der Waals surface area contributed by atoms with Crippen molar-refractivity contribution in [2.75, 3.05) is 18.0 Å². The molecule has 1 saturated heterocycles. The first-order chi connectivity index (χ1) is 8.35. The molecule has 0 bridgehead atoms. The molecule has 1 N–H and O–H groups in total. The molecule has 0 saturated carbocycles. The molecule has 0 unspecified atom stereocenters. The molecular formula is C13H20N4O. The van der Waals surface area contributed by atoms with Crippen molar-refractivity contribution >= 4 is 11.7 Å². The van der Waals surface area contributed by atoms with Crippen molar-refractivity contribution in [3.8, 4) is 0 Å². The first kappa shape index (κ1) is 12.8. The van der Waals surface area contributed by atoms with Gasteiger partial charge in [0.25, 0.3) is 0 Å². The summed E-state index contributed by atoms with van der Waals surface area (Å²) >= 11 is 0. The Morgan fingerprint density at radius 3 is 2.61 bits per heavy atom. The van der Waals surface area contributed by atoms with Crippen molar-refractivity contribution in [2.45, 2.75) is 33.2 Å². The largest absolute Gasteiger partial charge is 0.354 e. The molecule has 0 spiro atoms. The highest BCUT2D eigenvalue weighted by Gasteiger charge is 2.34. The Kier molecular flexibility index (Phi) is 3.24. The topological polar surface area (TPSA) is 58.1 Å². The first-order valence-corrected chi connectivity index (χ1v) is 6.21. The van der Waals surface area contributed by atoms with Crippen LogP contribution >= 0.6 is 0 Å². The lowest BCUT2D eigenvalue weighted by Gasteiger charge is -2.40. The number of aromatic nitrogens is 2. The standard InChI is InChI=1S/C13H20N4O/c1-9-5-14-6-11(15-9)17-7-10(8-17)12(18)16-13(2,3)4/h5-6,10H,7-8H2,1-4H3,(H,16,18). The van der Waals surface area contributed by atoms with Gasteiger partial charge < -0.3 is 10.2 Å². The molecular weight excluding hydrogens is 228 g/mol. The number of aryl methyl sites for hydroxylation is 1. The number of carbonyl (C=O) groups is 1. The van der Waals surface area contributed by atoms with Crippen molar-refractivity contribution in [3.05, 3.63) is 18.1 Å². The maximum atomic E-state index is 11.9. The van der Waals surface area contributed by atoms with Gasteiger partial charge in [0.15, 0.2) is 0 Å². The molecule has 0 atom stereocenters. The van der Waals surface area contributed by atoms with Crippen LogP contribution < -0.4 is 10.2 Å². The van der Waals surface area contributed by atoms with Crippen LogP contribution in [0.4, 0.5) is 5.82 Å². The van der Waals surface area contributed by atoms with Crippen LogP contribution in [0.5, 0.6) is 0 Å². The van der Waals surface area contributed by atoms with Gasteiger partial charge in [0, 0.05) is 24.8 Å².